The monoisotopic (exact) mass is 278 g/mol. The van der Waals surface area contributed by atoms with Gasteiger partial charge in [0.1, 0.15) is 23.7 Å². The van der Waals surface area contributed by atoms with E-state index in [-0.39, 0.29) is 30.8 Å². The van der Waals surface area contributed by atoms with Crippen molar-refractivity contribution in [2.75, 3.05) is 6.61 Å². The number of rotatable bonds is 6. The zero-order chi connectivity index (χ0) is 14.4. The van der Waals surface area contributed by atoms with Crippen molar-refractivity contribution in [2.24, 2.45) is 0 Å². The van der Waals surface area contributed by atoms with Crippen LogP contribution in [0, 0.1) is 5.82 Å². The standard InChI is InChI=1S/C13H15FN4O2/c1-9(13-15-8-16-18-13)17-12(19)5-6-20-11-4-2-3-10(14)7-11/h2-4,7-9H,5-6H2,1H3,(H,17,19)(H,15,16,18). The van der Waals surface area contributed by atoms with Gasteiger partial charge in [-0.25, -0.2) is 9.37 Å². The summed E-state index contributed by atoms with van der Waals surface area (Å²) in [6, 6.07) is 5.54. The topological polar surface area (TPSA) is 79.9 Å². The Hall–Kier alpha value is -2.44. The lowest BCUT2D eigenvalue weighted by molar-refractivity contribution is -0.122. The van der Waals surface area contributed by atoms with Crippen LogP contribution in [0.5, 0.6) is 5.75 Å². The van der Waals surface area contributed by atoms with Gasteiger partial charge >= 0.3 is 0 Å². The predicted molar refractivity (Wildman–Crippen MR) is 69.5 cm³/mol. The Kier molecular flexibility index (Phi) is 4.65. The van der Waals surface area contributed by atoms with E-state index in [0.29, 0.717) is 11.6 Å². The van der Waals surface area contributed by atoms with Crippen molar-refractivity contribution in [3.63, 3.8) is 0 Å². The maximum atomic E-state index is 12.9. The number of carbonyl (C=O) groups excluding carboxylic acids is 1. The van der Waals surface area contributed by atoms with Gasteiger partial charge in [0.25, 0.3) is 0 Å². The number of hydrogen-bond acceptors (Lipinski definition) is 4. The number of nitrogens with one attached hydrogen (secondary N) is 2. The Balaban J connectivity index is 1.73. The molecule has 1 unspecified atom stereocenters. The van der Waals surface area contributed by atoms with Crippen LogP contribution in [0.3, 0.4) is 0 Å². The second kappa shape index (κ2) is 6.65. The molecule has 2 aromatic rings. The van der Waals surface area contributed by atoms with Crippen LogP contribution in [0.1, 0.15) is 25.2 Å². The fourth-order valence-corrected chi connectivity index (χ4v) is 1.62. The van der Waals surface area contributed by atoms with Crippen LogP contribution in [0.4, 0.5) is 4.39 Å². The highest BCUT2D eigenvalue weighted by Crippen LogP contribution is 2.12. The molecule has 1 aromatic carbocycles. The Morgan fingerprint density at radius 2 is 2.40 bits per heavy atom. The molecule has 1 amide bonds. The minimum absolute atomic E-state index is 0.176. The molecule has 0 bridgehead atoms. The maximum absolute atomic E-state index is 12.9. The molecule has 7 heteroatoms. The van der Waals surface area contributed by atoms with Gasteiger partial charge in [-0.15, -0.1) is 0 Å². The summed E-state index contributed by atoms with van der Waals surface area (Å²) >= 11 is 0. The number of carbonyl (C=O) groups is 1. The van der Waals surface area contributed by atoms with E-state index in [4.69, 9.17) is 4.74 Å². The average Bonchev–Trinajstić information content (AvgIpc) is 2.92. The third-order valence-corrected chi connectivity index (χ3v) is 2.62. The van der Waals surface area contributed by atoms with Crippen molar-refractivity contribution in [3.8, 4) is 5.75 Å². The molecular formula is C13H15FN4O2. The smallest absolute Gasteiger partial charge is 0.224 e. The molecule has 0 saturated carbocycles. The Labute approximate surface area is 115 Å². The largest absolute Gasteiger partial charge is 0.493 e. The average molecular weight is 278 g/mol. The molecular weight excluding hydrogens is 263 g/mol. The summed E-state index contributed by atoms with van der Waals surface area (Å²) in [7, 11) is 0. The predicted octanol–water partition coefficient (Wildman–Crippen LogP) is 1.59. The fourth-order valence-electron chi connectivity index (χ4n) is 1.62. The van der Waals surface area contributed by atoms with Crippen molar-refractivity contribution in [2.45, 2.75) is 19.4 Å². The molecule has 0 fully saturated rings. The zero-order valence-corrected chi connectivity index (χ0v) is 11.0. The second-order valence-corrected chi connectivity index (χ2v) is 4.22. The van der Waals surface area contributed by atoms with Gasteiger partial charge in [-0.1, -0.05) is 6.07 Å². The highest BCUT2D eigenvalue weighted by Gasteiger charge is 2.11. The number of aromatic amines is 1. The van der Waals surface area contributed by atoms with Gasteiger partial charge in [0.2, 0.25) is 5.91 Å². The van der Waals surface area contributed by atoms with Crippen molar-refractivity contribution in [1.29, 1.82) is 0 Å². The third-order valence-electron chi connectivity index (χ3n) is 2.62. The van der Waals surface area contributed by atoms with E-state index in [1.54, 1.807) is 19.1 Å². The molecule has 0 aliphatic rings. The zero-order valence-electron chi connectivity index (χ0n) is 11.0. The van der Waals surface area contributed by atoms with Crippen molar-refractivity contribution in [1.82, 2.24) is 20.5 Å². The molecule has 2 N–H and O–H groups in total. The molecule has 6 nitrogen and oxygen atoms in total. The van der Waals surface area contributed by atoms with E-state index in [2.05, 4.69) is 20.5 Å². The summed E-state index contributed by atoms with van der Waals surface area (Å²) in [5.74, 6) is 0.446. The van der Waals surface area contributed by atoms with Gasteiger partial charge in [0, 0.05) is 6.07 Å². The molecule has 0 spiro atoms. The van der Waals surface area contributed by atoms with Gasteiger partial charge in [-0.2, -0.15) is 5.10 Å². The minimum Gasteiger partial charge on any atom is -0.493 e. The number of halogens is 1. The van der Waals surface area contributed by atoms with Crippen LogP contribution in [0.15, 0.2) is 30.6 Å². The van der Waals surface area contributed by atoms with Crippen LogP contribution in [0.2, 0.25) is 0 Å². The number of hydrogen-bond donors (Lipinski definition) is 2. The molecule has 0 aliphatic carbocycles. The summed E-state index contributed by atoms with van der Waals surface area (Å²) in [5, 5.41) is 9.15. The van der Waals surface area contributed by atoms with Crippen LogP contribution in [-0.4, -0.2) is 27.7 Å². The van der Waals surface area contributed by atoms with Gasteiger partial charge in [0.05, 0.1) is 19.1 Å². The fraction of sp³-hybridized carbons (Fsp3) is 0.308. The van der Waals surface area contributed by atoms with E-state index < -0.39 is 0 Å². The van der Waals surface area contributed by atoms with Crippen LogP contribution in [-0.2, 0) is 4.79 Å². The van der Waals surface area contributed by atoms with E-state index in [9.17, 15) is 9.18 Å². The Bertz CT molecular complexity index is 559. The van der Waals surface area contributed by atoms with Crippen LogP contribution < -0.4 is 10.1 Å². The van der Waals surface area contributed by atoms with Crippen LogP contribution in [0.25, 0.3) is 0 Å². The van der Waals surface area contributed by atoms with E-state index in [1.165, 1.54) is 18.5 Å². The molecule has 106 valence electrons. The quantitative estimate of drug-likeness (QED) is 0.841. The first-order valence-electron chi connectivity index (χ1n) is 6.18. The summed E-state index contributed by atoms with van der Waals surface area (Å²) < 4.78 is 18.2. The third kappa shape index (κ3) is 4.04. The van der Waals surface area contributed by atoms with E-state index in [1.807, 2.05) is 0 Å². The van der Waals surface area contributed by atoms with Gasteiger partial charge < -0.3 is 10.1 Å². The summed E-state index contributed by atoms with van der Waals surface area (Å²) in [4.78, 5) is 15.6. The molecule has 0 radical (unpaired) electrons. The van der Waals surface area contributed by atoms with Gasteiger partial charge in [-0.05, 0) is 19.1 Å². The van der Waals surface area contributed by atoms with Crippen LogP contribution >= 0.6 is 0 Å². The van der Waals surface area contributed by atoms with E-state index in [0.717, 1.165) is 0 Å². The highest BCUT2D eigenvalue weighted by molar-refractivity contribution is 5.76. The first-order valence-corrected chi connectivity index (χ1v) is 6.18. The Morgan fingerprint density at radius 3 is 3.10 bits per heavy atom. The van der Waals surface area contributed by atoms with E-state index >= 15 is 0 Å². The lowest BCUT2D eigenvalue weighted by Gasteiger charge is -2.11. The summed E-state index contributed by atoms with van der Waals surface area (Å²) in [5.41, 5.74) is 0. The molecule has 1 atom stereocenters. The van der Waals surface area contributed by atoms with Gasteiger partial charge in [-0.3, -0.25) is 9.89 Å². The number of nitrogens with zero attached hydrogens (tertiary/aromatic N) is 2. The molecule has 1 aromatic heterocycles. The van der Waals surface area contributed by atoms with Crippen molar-refractivity contribution >= 4 is 5.91 Å². The highest BCUT2D eigenvalue weighted by atomic mass is 19.1. The summed E-state index contributed by atoms with van der Waals surface area (Å²) in [6.45, 7) is 1.98. The Morgan fingerprint density at radius 1 is 1.55 bits per heavy atom. The number of ether oxygens (including phenoxy) is 1. The normalized spacial score (nSPS) is 11.9. The molecule has 20 heavy (non-hydrogen) atoms. The molecule has 2 rings (SSSR count). The summed E-state index contributed by atoms with van der Waals surface area (Å²) in [6.07, 6.45) is 1.56. The molecule has 0 saturated heterocycles. The molecule has 1 heterocycles. The number of H-pyrrole nitrogens is 1. The van der Waals surface area contributed by atoms with Gasteiger partial charge in [0.15, 0.2) is 0 Å². The first-order chi connectivity index (χ1) is 9.65. The lowest BCUT2D eigenvalue weighted by atomic mass is 10.3. The number of amides is 1. The second-order valence-electron chi connectivity index (χ2n) is 4.22. The first kappa shape index (κ1) is 14.0. The number of aromatic nitrogens is 3. The lowest BCUT2D eigenvalue weighted by Crippen LogP contribution is -2.28. The SMILES string of the molecule is CC(NC(=O)CCOc1cccc(F)c1)c1ncn[nH]1. The minimum atomic E-state index is -0.370. The maximum Gasteiger partial charge on any atom is 0.224 e. The molecule has 0 aliphatic heterocycles. The number of benzene rings is 1. The van der Waals surface area contributed by atoms with Crippen molar-refractivity contribution in [3.05, 3.63) is 42.2 Å². The van der Waals surface area contributed by atoms with Crippen molar-refractivity contribution < 1.29 is 13.9 Å².